The molecule has 0 unspecified atom stereocenters. The van der Waals surface area contributed by atoms with Crippen molar-refractivity contribution in [1.82, 2.24) is 0 Å². The van der Waals surface area contributed by atoms with Gasteiger partial charge < -0.3 is 0 Å². The largest absolute Gasteiger partial charge is 0.144 e. The molecule has 5 rings (SSSR count). The van der Waals surface area contributed by atoms with E-state index in [1.807, 2.05) is 11.8 Å². The molecule has 0 amide bonds. The summed E-state index contributed by atoms with van der Waals surface area (Å²) in [5.74, 6) is 1.22. The number of allylic oxidation sites excluding steroid dienone is 1. The SMILES string of the molecule is C1=C(c2ccc3cc4cc(-c5cccs5)ccc4cc3c2)SCC1. The minimum Gasteiger partial charge on any atom is -0.144 e. The third-order valence-electron chi connectivity index (χ3n) is 4.59. The summed E-state index contributed by atoms with van der Waals surface area (Å²) in [6.07, 6.45) is 3.56. The van der Waals surface area contributed by atoms with Gasteiger partial charge in [-0.15, -0.1) is 23.1 Å². The Morgan fingerprint density at radius 1 is 0.708 bits per heavy atom. The lowest BCUT2D eigenvalue weighted by atomic mass is 9.99. The van der Waals surface area contributed by atoms with Crippen LogP contribution in [0.15, 0.2) is 72.1 Å². The van der Waals surface area contributed by atoms with E-state index in [1.54, 1.807) is 11.3 Å². The quantitative estimate of drug-likeness (QED) is 0.346. The van der Waals surface area contributed by atoms with Crippen LogP contribution in [-0.2, 0) is 0 Å². The van der Waals surface area contributed by atoms with Crippen molar-refractivity contribution in [2.45, 2.75) is 6.42 Å². The van der Waals surface area contributed by atoms with E-state index in [2.05, 4.69) is 72.1 Å². The first-order valence-corrected chi connectivity index (χ1v) is 10.1. The standard InChI is InChI=1S/C22H16S2/c1-3-21(23-9-1)17-7-5-15-12-20-14-18(22-4-2-10-24-22)8-6-16(20)11-19(15)13-17/h1,3-9,11-14H,2,10H2. The molecule has 0 nitrogen and oxygen atoms in total. The molecule has 1 aliphatic heterocycles. The second-order valence-corrected chi connectivity index (χ2v) is 8.24. The fourth-order valence-electron chi connectivity index (χ4n) is 3.37. The Morgan fingerprint density at radius 3 is 2.12 bits per heavy atom. The lowest BCUT2D eigenvalue weighted by Gasteiger charge is -2.07. The van der Waals surface area contributed by atoms with Crippen LogP contribution in [0.25, 0.3) is 36.9 Å². The summed E-state index contributed by atoms with van der Waals surface area (Å²) in [6.45, 7) is 0. The molecule has 0 aliphatic carbocycles. The molecule has 0 spiro atoms. The summed E-state index contributed by atoms with van der Waals surface area (Å²) >= 11 is 3.77. The second kappa shape index (κ2) is 5.80. The van der Waals surface area contributed by atoms with E-state index in [0.717, 1.165) is 0 Å². The normalized spacial score (nSPS) is 14.4. The maximum absolute atomic E-state index is 2.36. The molecule has 0 atom stereocenters. The number of benzene rings is 3. The zero-order valence-corrected chi connectivity index (χ0v) is 14.8. The van der Waals surface area contributed by atoms with Crippen molar-refractivity contribution in [3.63, 3.8) is 0 Å². The van der Waals surface area contributed by atoms with Gasteiger partial charge in [-0.05, 0) is 74.8 Å². The van der Waals surface area contributed by atoms with Crippen LogP contribution in [0.4, 0.5) is 0 Å². The van der Waals surface area contributed by atoms with Gasteiger partial charge in [0, 0.05) is 15.5 Å². The Hall–Kier alpha value is -2.03. The smallest absolute Gasteiger partial charge is 0.0342 e. The number of hydrogen-bond acceptors (Lipinski definition) is 2. The molecule has 1 aliphatic rings. The van der Waals surface area contributed by atoms with E-state index in [4.69, 9.17) is 0 Å². The highest BCUT2D eigenvalue weighted by Gasteiger charge is 2.09. The van der Waals surface area contributed by atoms with E-state index >= 15 is 0 Å². The first kappa shape index (κ1) is 14.3. The van der Waals surface area contributed by atoms with Crippen LogP contribution in [0.3, 0.4) is 0 Å². The van der Waals surface area contributed by atoms with Crippen molar-refractivity contribution in [3.8, 4) is 10.4 Å². The zero-order valence-electron chi connectivity index (χ0n) is 13.2. The molecule has 0 bridgehead atoms. The Balaban J connectivity index is 1.65. The van der Waals surface area contributed by atoms with Crippen LogP contribution < -0.4 is 0 Å². The van der Waals surface area contributed by atoms with Crippen molar-refractivity contribution in [2.75, 3.05) is 5.75 Å². The highest BCUT2D eigenvalue weighted by Crippen LogP contribution is 2.36. The second-order valence-electron chi connectivity index (χ2n) is 6.16. The van der Waals surface area contributed by atoms with Gasteiger partial charge >= 0.3 is 0 Å². The van der Waals surface area contributed by atoms with Crippen LogP contribution in [0.5, 0.6) is 0 Å². The number of thioether (sulfide) groups is 1. The predicted octanol–water partition coefficient (Wildman–Crippen LogP) is 7.20. The van der Waals surface area contributed by atoms with Crippen molar-refractivity contribution >= 4 is 49.5 Å². The van der Waals surface area contributed by atoms with Gasteiger partial charge in [-0.3, -0.25) is 0 Å². The maximum atomic E-state index is 2.36. The number of rotatable bonds is 2. The lowest BCUT2D eigenvalue weighted by molar-refractivity contribution is 1.28. The van der Waals surface area contributed by atoms with Crippen molar-refractivity contribution in [2.24, 2.45) is 0 Å². The summed E-state index contributed by atoms with van der Waals surface area (Å²) in [5, 5.41) is 7.41. The first-order valence-electron chi connectivity index (χ1n) is 8.22. The first-order chi connectivity index (χ1) is 11.9. The predicted molar refractivity (Wildman–Crippen MR) is 110 cm³/mol. The summed E-state index contributed by atoms with van der Waals surface area (Å²) in [6, 6.07) is 22.6. The fourth-order valence-corrected chi connectivity index (χ4v) is 5.07. The average molecular weight is 345 g/mol. The number of fused-ring (bicyclic) bond motifs is 2. The molecule has 0 N–H and O–H groups in total. The van der Waals surface area contributed by atoms with Crippen molar-refractivity contribution in [1.29, 1.82) is 0 Å². The Labute approximate surface area is 149 Å². The number of thiophene rings is 1. The Bertz CT molecular complexity index is 1070. The van der Waals surface area contributed by atoms with Gasteiger partial charge in [-0.1, -0.05) is 36.4 Å². The highest BCUT2D eigenvalue weighted by molar-refractivity contribution is 8.08. The monoisotopic (exact) mass is 344 g/mol. The molecule has 2 heterocycles. The van der Waals surface area contributed by atoms with Gasteiger partial charge in [-0.25, -0.2) is 0 Å². The topological polar surface area (TPSA) is 0 Å². The highest BCUT2D eigenvalue weighted by atomic mass is 32.2. The maximum Gasteiger partial charge on any atom is 0.0342 e. The molecule has 1 aromatic heterocycles. The van der Waals surface area contributed by atoms with Crippen molar-refractivity contribution < 1.29 is 0 Å². The molecular weight excluding hydrogens is 328 g/mol. The third-order valence-corrected chi connectivity index (χ3v) is 6.66. The van der Waals surface area contributed by atoms with Crippen LogP contribution in [0.2, 0.25) is 0 Å². The average Bonchev–Trinajstić information content (AvgIpc) is 3.32. The molecule has 0 radical (unpaired) electrons. The Kier molecular flexibility index (Phi) is 3.46. The number of hydrogen-bond donors (Lipinski definition) is 0. The lowest BCUT2D eigenvalue weighted by Crippen LogP contribution is -1.82. The van der Waals surface area contributed by atoms with E-state index in [-0.39, 0.29) is 0 Å². The van der Waals surface area contributed by atoms with E-state index in [1.165, 1.54) is 54.6 Å². The minimum atomic E-state index is 1.20. The fraction of sp³-hybridized carbons (Fsp3) is 0.0909. The molecule has 24 heavy (non-hydrogen) atoms. The van der Waals surface area contributed by atoms with Crippen LogP contribution in [-0.4, -0.2) is 5.75 Å². The van der Waals surface area contributed by atoms with Crippen LogP contribution in [0.1, 0.15) is 12.0 Å². The Morgan fingerprint density at radius 2 is 1.46 bits per heavy atom. The van der Waals surface area contributed by atoms with Gasteiger partial charge in [0.1, 0.15) is 0 Å². The minimum absolute atomic E-state index is 1.20. The van der Waals surface area contributed by atoms with E-state index in [0.29, 0.717) is 0 Å². The third kappa shape index (κ3) is 2.47. The molecule has 3 aromatic carbocycles. The molecule has 116 valence electrons. The summed E-state index contributed by atoms with van der Waals surface area (Å²) in [7, 11) is 0. The summed E-state index contributed by atoms with van der Waals surface area (Å²) in [5.41, 5.74) is 2.67. The molecule has 2 heteroatoms. The van der Waals surface area contributed by atoms with Gasteiger partial charge in [0.15, 0.2) is 0 Å². The molecular formula is C22H16S2. The molecule has 0 fully saturated rings. The van der Waals surface area contributed by atoms with E-state index in [9.17, 15) is 0 Å². The summed E-state index contributed by atoms with van der Waals surface area (Å²) in [4.78, 5) is 2.77. The van der Waals surface area contributed by atoms with Crippen LogP contribution in [0, 0.1) is 0 Å². The van der Waals surface area contributed by atoms with Crippen LogP contribution >= 0.6 is 23.1 Å². The zero-order chi connectivity index (χ0) is 15.9. The summed E-state index contributed by atoms with van der Waals surface area (Å²) < 4.78 is 0. The molecule has 0 saturated carbocycles. The van der Waals surface area contributed by atoms with Gasteiger partial charge in [-0.2, -0.15) is 0 Å². The molecule has 0 saturated heterocycles. The van der Waals surface area contributed by atoms with E-state index < -0.39 is 0 Å². The van der Waals surface area contributed by atoms with Gasteiger partial charge in [0.2, 0.25) is 0 Å². The van der Waals surface area contributed by atoms with Gasteiger partial charge in [0.05, 0.1) is 0 Å². The molecule has 4 aromatic rings. The van der Waals surface area contributed by atoms with Gasteiger partial charge in [0.25, 0.3) is 0 Å². The van der Waals surface area contributed by atoms with Crippen molar-refractivity contribution in [3.05, 3.63) is 77.7 Å².